The number of hydrogen-bond donors (Lipinski definition) is 2. The second-order valence-electron chi connectivity index (χ2n) is 5.96. The Bertz CT molecular complexity index is 492. The quantitative estimate of drug-likeness (QED) is 0.872. The third-order valence-electron chi connectivity index (χ3n) is 4.46. The molecule has 1 aliphatic heterocycles. The highest BCUT2D eigenvalue weighted by molar-refractivity contribution is 5.88. The van der Waals surface area contributed by atoms with Gasteiger partial charge in [0.1, 0.15) is 11.9 Å². The average Bonchev–Trinajstić information content (AvgIpc) is 2.91. The van der Waals surface area contributed by atoms with Crippen LogP contribution in [0.3, 0.4) is 0 Å². The van der Waals surface area contributed by atoms with E-state index in [0.717, 1.165) is 24.1 Å². The van der Waals surface area contributed by atoms with E-state index in [4.69, 9.17) is 0 Å². The topological polar surface area (TPSA) is 41.1 Å². The van der Waals surface area contributed by atoms with Crippen molar-refractivity contribution in [3.8, 4) is 0 Å². The number of aryl methyl sites for hydroxylation is 1. The molecule has 3 nitrogen and oxygen atoms in total. The summed E-state index contributed by atoms with van der Waals surface area (Å²) in [6.45, 7) is 1.94. The summed E-state index contributed by atoms with van der Waals surface area (Å²) >= 11 is 0. The van der Waals surface area contributed by atoms with Gasteiger partial charge in [0.25, 0.3) is 0 Å². The number of nitrogens with one attached hydrogen (secondary N) is 2. The molecule has 1 unspecified atom stereocenters. The first-order valence-electron chi connectivity index (χ1n) is 7.50. The van der Waals surface area contributed by atoms with E-state index in [-0.39, 0.29) is 17.8 Å². The van der Waals surface area contributed by atoms with Crippen LogP contribution in [0.5, 0.6) is 0 Å². The largest absolute Gasteiger partial charge is 0.373 e. The summed E-state index contributed by atoms with van der Waals surface area (Å²) in [7, 11) is 0. The summed E-state index contributed by atoms with van der Waals surface area (Å²) in [5.74, 6) is -0.210. The molecule has 1 atom stereocenters. The summed E-state index contributed by atoms with van der Waals surface area (Å²) < 4.78 is 13.8. The number of amides is 1. The lowest BCUT2D eigenvalue weighted by Crippen LogP contribution is -2.44. The Balaban J connectivity index is 1.67. The second kappa shape index (κ2) is 5.43. The molecule has 1 saturated carbocycles. The van der Waals surface area contributed by atoms with E-state index in [1.54, 1.807) is 6.07 Å². The normalized spacial score (nSPS) is 22.2. The van der Waals surface area contributed by atoms with Gasteiger partial charge in [0, 0.05) is 23.7 Å². The number of anilines is 1. The standard InChI is InChI=1S/C16H21FN2O/c1-10-7-8-13(17)12-9-14(19-15(10)12)16(20)18-11-5-3-2-4-6-11/h7-8,11,14,19H,2-6,9H2,1H3,(H,18,20). The molecule has 108 valence electrons. The van der Waals surface area contributed by atoms with Crippen molar-refractivity contribution < 1.29 is 9.18 Å². The van der Waals surface area contributed by atoms with Crippen LogP contribution in [0, 0.1) is 12.7 Å². The molecule has 4 heteroatoms. The van der Waals surface area contributed by atoms with Gasteiger partial charge < -0.3 is 10.6 Å². The van der Waals surface area contributed by atoms with Gasteiger partial charge in [-0.1, -0.05) is 25.3 Å². The van der Waals surface area contributed by atoms with Gasteiger partial charge in [-0.25, -0.2) is 4.39 Å². The summed E-state index contributed by atoms with van der Waals surface area (Å²) in [5, 5.41) is 6.29. The number of rotatable bonds is 2. The van der Waals surface area contributed by atoms with Crippen LogP contribution >= 0.6 is 0 Å². The van der Waals surface area contributed by atoms with Crippen molar-refractivity contribution in [1.29, 1.82) is 0 Å². The van der Waals surface area contributed by atoms with Crippen LogP contribution in [0.2, 0.25) is 0 Å². The zero-order chi connectivity index (χ0) is 14.1. The van der Waals surface area contributed by atoms with Crippen LogP contribution in [0.1, 0.15) is 43.2 Å². The molecule has 2 N–H and O–H groups in total. The number of carbonyl (C=O) groups is 1. The molecule has 0 radical (unpaired) electrons. The zero-order valence-corrected chi connectivity index (χ0v) is 11.8. The van der Waals surface area contributed by atoms with Gasteiger partial charge in [0.05, 0.1) is 0 Å². The minimum Gasteiger partial charge on any atom is -0.373 e. The van der Waals surface area contributed by atoms with E-state index < -0.39 is 0 Å². The summed E-state index contributed by atoms with van der Waals surface area (Å²) in [4.78, 5) is 12.3. The minimum absolute atomic E-state index is 0.00639. The Hall–Kier alpha value is -1.58. The van der Waals surface area contributed by atoms with Crippen molar-refractivity contribution in [2.45, 2.75) is 57.5 Å². The van der Waals surface area contributed by atoms with Crippen LogP contribution in [0.4, 0.5) is 10.1 Å². The third-order valence-corrected chi connectivity index (χ3v) is 4.46. The molecule has 1 heterocycles. The lowest BCUT2D eigenvalue weighted by molar-refractivity contribution is -0.122. The van der Waals surface area contributed by atoms with E-state index >= 15 is 0 Å². The first kappa shape index (κ1) is 13.4. The van der Waals surface area contributed by atoms with E-state index in [1.165, 1.54) is 25.3 Å². The molecule has 2 aliphatic rings. The fourth-order valence-corrected chi connectivity index (χ4v) is 3.28. The third kappa shape index (κ3) is 2.51. The molecule has 0 spiro atoms. The van der Waals surface area contributed by atoms with Crippen molar-refractivity contribution in [2.24, 2.45) is 0 Å². The first-order chi connectivity index (χ1) is 9.65. The van der Waals surface area contributed by atoms with Crippen LogP contribution in [-0.2, 0) is 11.2 Å². The second-order valence-corrected chi connectivity index (χ2v) is 5.96. The molecular weight excluding hydrogens is 255 g/mol. The van der Waals surface area contributed by atoms with E-state index in [9.17, 15) is 9.18 Å². The molecule has 1 aliphatic carbocycles. The highest BCUT2D eigenvalue weighted by Gasteiger charge is 2.31. The Morgan fingerprint density at radius 1 is 1.30 bits per heavy atom. The highest BCUT2D eigenvalue weighted by Crippen LogP contribution is 2.31. The molecule has 0 bridgehead atoms. The highest BCUT2D eigenvalue weighted by atomic mass is 19.1. The zero-order valence-electron chi connectivity index (χ0n) is 11.8. The van der Waals surface area contributed by atoms with Crippen LogP contribution in [0.15, 0.2) is 12.1 Å². The predicted molar refractivity (Wildman–Crippen MR) is 77.3 cm³/mol. The molecule has 1 aromatic rings. The van der Waals surface area contributed by atoms with Gasteiger partial charge >= 0.3 is 0 Å². The Kier molecular flexibility index (Phi) is 3.64. The smallest absolute Gasteiger partial charge is 0.243 e. The molecule has 1 aromatic carbocycles. The maximum Gasteiger partial charge on any atom is 0.243 e. The minimum atomic E-state index is -0.331. The predicted octanol–water partition coefficient (Wildman–Crippen LogP) is 2.92. The maximum atomic E-state index is 13.8. The fourth-order valence-electron chi connectivity index (χ4n) is 3.28. The number of benzene rings is 1. The van der Waals surface area contributed by atoms with Gasteiger partial charge in [-0.05, 0) is 31.4 Å². The number of hydrogen-bond acceptors (Lipinski definition) is 2. The molecule has 1 fully saturated rings. The van der Waals surface area contributed by atoms with Gasteiger partial charge in [-0.15, -0.1) is 0 Å². The lowest BCUT2D eigenvalue weighted by atomic mass is 9.95. The first-order valence-corrected chi connectivity index (χ1v) is 7.50. The van der Waals surface area contributed by atoms with E-state index in [2.05, 4.69) is 10.6 Å². The van der Waals surface area contributed by atoms with Crippen LogP contribution in [-0.4, -0.2) is 18.0 Å². The van der Waals surface area contributed by atoms with Crippen molar-refractivity contribution in [3.05, 3.63) is 29.1 Å². The number of fused-ring (bicyclic) bond motifs is 1. The van der Waals surface area contributed by atoms with E-state index in [1.807, 2.05) is 6.92 Å². The maximum absolute atomic E-state index is 13.8. The molecule has 3 rings (SSSR count). The monoisotopic (exact) mass is 276 g/mol. The molecule has 0 saturated heterocycles. The van der Waals surface area contributed by atoms with Gasteiger partial charge in [0.15, 0.2) is 0 Å². The molecule has 1 amide bonds. The van der Waals surface area contributed by atoms with Gasteiger partial charge in [-0.2, -0.15) is 0 Å². The SMILES string of the molecule is Cc1ccc(F)c2c1NC(C(=O)NC1CCCCC1)C2. The van der Waals surface area contributed by atoms with E-state index in [0.29, 0.717) is 18.0 Å². The van der Waals surface area contributed by atoms with Gasteiger partial charge in [0.2, 0.25) is 5.91 Å². The van der Waals surface area contributed by atoms with Crippen molar-refractivity contribution >= 4 is 11.6 Å². The lowest BCUT2D eigenvalue weighted by Gasteiger charge is -2.24. The summed E-state index contributed by atoms with van der Waals surface area (Å²) in [6.07, 6.45) is 6.23. The molecule has 0 aromatic heterocycles. The Labute approximate surface area is 118 Å². The average molecular weight is 276 g/mol. The van der Waals surface area contributed by atoms with Crippen molar-refractivity contribution in [2.75, 3.05) is 5.32 Å². The van der Waals surface area contributed by atoms with Crippen molar-refractivity contribution in [1.82, 2.24) is 5.32 Å². The van der Waals surface area contributed by atoms with Crippen LogP contribution < -0.4 is 10.6 Å². The number of halogens is 1. The van der Waals surface area contributed by atoms with Crippen LogP contribution in [0.25, 0.3) is 0 Å². The number of carbonyl (C=O) groups excluding carboxylic acids is 1. The summed E-state index contributed by atoms with van der Waals surface area (Å²) in [5.41, 5.74) is 2.44. The van der Waals surface area contributed by atoms with Gasteiger partial charge in [-0.3, -0.25) is 4.79 Å². The Morgan fingerprint density at radius 2 is 2.05 bits per heavy atom. The fraction of sp³-hybridized carbons (Fsp3) is 0.562. The van der Waals surface area contributed by atoms with Crippen molar-refractivity contribution in [3.63, 3.8) is 0 Å². The Morgan fingerprint density at radius 3 is 2.75 bits per heavy atom. The molecule has 20 heavy (non-hydrogen) atoms. The summed E-state index contributed by atoms with van der Waals surface area (Å²) in [6, 6.07) is 3.20. The molecular formula is C16H21FN2O.